The van der Waals surface area contributed by atoms with Gasteiger partial charge >= 0.3 is 0 Å². The van der Waals surface area contributed by atoms with Crippen molar-refractivity contribution in [1.29, 1.82) is 0 Å². The highest BCUT2D eigenvalue weighted by Crippen LogP contribution is 2.41. The second-order valence-corrected chi connectivity index (χ2v) is 10.6. The quantitative estimate of drug-likeness (QED) is 0.408. The normalized spacial score (nSPS) is 21.8. The highest BCUT2D eigenvalue weighted by Gasteiger charge is 2.46. The molecule has 2 aromatic rings. The van der Waals surface area contributed by atoms with E-state index in [1.807, 2.05) is 62.3 Å². The summed E-state index contributed by atoms with van der Waals surface area (Å²) in [5.74, 6) is -0.569. The Bertz CT molecular complexity index is 1140. The van der Waals surface area contributed by atoms with Crippen LogP contribution in [0.5, 0.6) is 5.75 Å². The lowest BCUT2D eigenvalue weighted by Crippen LogP contribution is -2.35. The highest BCUT2D eigenvalue weighted by atomic mass is 16.5. The molecule has 1 saturated heterocycles. The highest BCUT2D eigenvalue weighted by molar-refractivity contribution is 6.46. The molecule has 0 unspecified atom stereocenters. The van der Waals surface area contributed by atoms with Crippen molar-refractivity contribution < 1.29 is 19.4 Å². The molecule has 0 aromatic heterocycles. The maximum Gasteiger partial charge on any atom is 0.295 e. The van der Waals surface area contributed by atoms with Crippen LogP contribution >= 0.6 is 0 Å². The fourth-order valence-corrected chi connectivity index (χ4v) is 4.66. The van der Waals surface area contributed by atoms with Gasteiger partial charge in [-0.1, -0.05) is 45.0 Å². The van der Waals surface area contributed by atoms with Crippen LogP contribution < -0.4 is 4.74 Å². The minimum Gasteiger partial charge on any atom is -0.507 e. The predicted molar refractivity (Wildman–Crippen MR) is 133 cm³/mol. The molecule has 0 radical (unpaired) electrons. The Hall–Kier alpha value is -3.12. The molecule has 0 bridgehead atoms. The van der Waals surface area contributed by atoms with Gasteiger partial charge in [0.15, 0.2) is 0 Å². The molecule has 2 heterocycles. The maximum absolute atomic E-state index is 13.2. The summed E-state index contributed by atoms with van der Waals surface area (Å²) in [4.78, 5) is 29.9. The van der Waals surface area contributed by atoms with Crippen LogP contribution in [-0.4, -0.2) is 59.9 Å². The molecule has 180 valence electrons. The van der Waals surface area contributed by atoms with Gasteiger partial charge in [0, 0.05) is 25.1 Å². The van der Waals surface area contributed by atoms with E-state index in [4.69, 9.17) is 4.74 Å². The lowest BCUT2D eigenvalue weighted by molar-refractivity contribution is -0.140. The Kier molecular flexibility index (Phi) is 6.30. The third-order valence-electron chi connectivity index (χ3n) is 6.59. The number of Topliss-reactive ketones (excluding diaryl/α,β-unsaturated/α-hetero) is 1. The smallest absolute Gasteiger partial charge is 0.295 e. The van der Waals surface area contributed by atoms with E-state index in [2.05, 4.69) is 20.8 Å². The number of ketones is 1. The number of hydrogen-bond acceptors (Lipinski definition) is 5. The van der Waals surface area contributed by atoms with Gasteiger partial charge in [0.05, 0.1) is 11.6 Å². The maximum atomic E-state index is 13.2. The van der Waals surface area contributed by atoms with Gasteiger partial charge in [0.2, 0.25) is 0 Å². The van der Waals surface area contributed by atoms with E-state index in [1.54, 1.807) is 11.0 Å². The van der Waals surface area contributed by atoms with Gasteiger partial charge in [0.1, 0.15) is 17.6 Å². The SMILES string of the molecule is C[C@@H]1Cc2cc(C(O)=C3C(=O)C(=O)N(CCN(C)C)[C@H]3c3ccc(C(C)(C)C)cc3)ccc2O1. The van der Waals surface area contributed by atoms with E-state index < -0.39 is 17.7 Å². The summed E-state index contributed by atoms with van der Waals surface area (Å²) in [6.45, 7) is 9.42. The summed E-state index contributed by atoms with van der Waals surface area (Å²) < 4.78 is 5.77. The minimum atomic E-state index is -0.647. The molecule has 2 aliphatic heterocycles. The third-order valence-corrected chi connectivity index (χ3v) is 6.59. The number of hydrogen-bond donors (Lipinski definition) is 1. The second kappa shape index (κ2) is 8.91. The molecule has 2 atom stereocenters. The summed E-state index contributed by atoms with van der Waals surface area (Å²) in [6.07, 6.45) is 0.816. The van der Waals surface area contributed by atoms with Crippen molar-refractivity contribution in [3.8, 4) is 5.75 Å². The average molecular weight is 463 g/mol. The number of carbonyl (C=O) groups excluding carboxylic acids is 2. The number of aliphatic hydroxyl groups excluding tert-OH is 1. The Balaban J connectivity index is 1.81. The van der Waals surface area contributed by atoms with E-state index in [9.17, 15) is 14.7 Å². The number of carbonyl (C=O) groups is 2. The first-order chi connectivity index (χ1) is 16.0. The summed E-state index contributed by atoms with van der Waals surface area (Å²) in [6, 6.07) is 12.8. The van der Waals surface area contributed by atoms with Gasteiger partial charge in [-0.15, -0.1) is 0 Å². The van der Waals surface area contributed by atoms with Crippen LogP contribution in [0.25, 0.3) is 5.76 Å². The standard InChI is InChI=1S/C28H34N2O4/c1-17-15-20-16-19(9-12-22(20)34-17)25(31)23-24(18-7-10-21(11-8-18)28(2,3)4)30(14-13-29(5)6)27(33)26(23)32/h7-12,16-17,24,31H,13-15H2,1-6H3/t17-,24+/m1/s1. The number of ether oxygens (including phenoxy) is 1. The van der Waals surface area contributed by atoms with Crippen LogP contribution in [0.1, 0.15) is 56.0 Å². The molecule has 6 nitrogen and oxygen atoms in total. The summed E-state index contributed by atoms with van der Waals surface area (Å²) >= 11 is 0. The lowest BCUT2D eigenvalue weighted by atomic mass is 9.85. The van der Waals surface area contributed by atoms with Gasteiger partial charge in [0.25, 0.3) is 11.7 Å². The molecule has 1 N–H and O–H groups in total. The first-order valence-corrected chi connectivity index (χ1v) is 11.8. The predicted octanol–water partition coefficient (Wildman–Crippen LogP) is 4.29. The third kappa shape index (κ3) is 4.47. The largest absolute Gasteiger partial charge is 0.507 e. The average Bonchev–Trinajstić information content (AvgIpc) is 3.27. The topological polar surface area (TPSA) is 70.1 Å². The molecular formula is C28H34N2O4. The number of amides is 1. The van der Waals surface area contributed by atoms with Crippen LogP contribution in [0.3, 0.4) is 0 Å². The first-order valence-electron chi connectivity index (χ1n) is 11.8. The van der Waals surface area contributed by atoms with Gasteiger partial charge in [-0.25, -0.2) is 0 Å². The van der Waals surface area contributed by atoms with E-state index in [0.717, 1.165) is 28.9 Å². The number of rotatable bonds is 5. The van der Waals surface area contributed by atoms with Crippen LogP contribution in [-0.2, 0) is 21.4 Å². The summed E-state index contributed by atoms with van der Waals surface area (Å²) in [7, 11) is 3.86. The molecule has 34 heavy (non-hydrogen) atoms. The van der Waals surface area contributed by atoms with Gasteiger partial charge in [-0.2, -0.15) is 0 Å². The number of aliphatic hydroxyl groups is 1. The number of likely N-dealkylation sites (N-methyl/N-ethyl adjacent to an activating group) is 1. The van der Waals surface area contributed by atoms with Crippen molar-refractivity contribution in [2.75, 3.05) is 27.2 Å². The second-order valence-electron chi connectivity index (χ2n) is 10.6. The van der Waals surface area contributed by atoms with Gasteiger partial charge in [-0.05, 0) is 61.3 Å². The fourth-order valence-electron chi connectivity index (χ4n) is 4.66. The molecule has 0 saturated carbocycles. The van der Waals surface area contributed by atoms with Crippen molar-refractivity contribution in [1.82, 2.24) is 9.80 Å². The van der Waals surface area contributed by atoms with Gasteiger partial charge < -0.3 is 19.6 Å². The summed E-state index contributed by atoms with van der Waals surface area (Å²) in [5, 5.41) is 11.3. The minimum absolute atomic E-state index is 0.0190. The number of likely N-dealkylation sites (tertiary alicyclic amines) is 1. The molecular weight excluding hydrogens is 428 g/mol. The van der Waals surface area contributed by atoms with Crippen molar-refractivity contribution >= 4 is 17.4 Å². The lowest BCUT2D eigenvalue weighted by Gasteiger charge is -2.27. The van der Waals surface area contributed by atoms with Crippen LogP contribution in [0.15, 0.2) is 48.0 Å². The number of nitrogens with zero attached hydrogens (tertiary/aromatic N) is 2. The fraction of sp³-hybridized carbons (Fsp3) is 0.429. The van der Waals surface area contributed by atoms with Crippen molar-refractivity contribution in [3.05, 3.63) is 70.3 Å². The molecule has 6 heteroatoms. The number of fused-ring (bicyclic) bond motifs is 1. The van der Waals surface area contributed by atoms with Crippen LogP contribution in [0, 0.1) is 0 Å². The molecule has 2 aromatic carbocycles. The van der Waals surface area contributed by atoms with E-state index >= 15 is 0 Å². The Labute approximate surface area is 201 Å². The van der Waals surface area contributed by atoms with Crippen LogP contribution in [0.2, 0.25) is 0 Å². The summed E-state index contributed by atoms with van der Waals surface area (Å²) in [5.41, 5.74) is 3.61. The zero-order chi connectivity index (χ0) is 24.8. The molecule has 4 rings (SSSR count). The first kappa shape index (κ1) is 24.0. The van der Waals surface area contributed by atoms with E-state index in [1.165, 1.54) is 0 Å². The van der Waals surface area contributed by atoms with Crippen molar-refractivity contribution in [2.45, 2.75) is 51.7 Å². The van der Waals surface area contributed by atoms with Gasteiger partial charge in [-0.3, -0.25) is 9.59 Å². The van der Waals surface area contributed by atoms with Crippen molar-refractivity contribution in [3.63, 3.8) is 0 Å². The Morgan fingerprint density at radius 2 is 1.79 bits per heavy atom. The molecule has 2 aliphatic rings. The Morgan fingerprint density at radius 3 is 2.41 bits per heavy atom. The number of benzene rings is 2. The molecule has 1 amide bonds. The van der Waals surface area contributed by atoms with E-state index in [-0.39, 0.29) is 22.9 Å². The molecule has 1 fully saturated rings. The zero-order valence-electron chi connectivity index (χ0n) is 20.9. The Morgan fingerprint density at radius 1 is 1.12 bits per heavy atom. The van der Waals surface area contributed by atoms with Crippen LogP contribution in [0.4, 0.5) is 0 Å². The van der Waals surface area contributed by atoms with Crippen molar-refractivity contribution in [2.24, 2.45) is 0 Å². The zero-order valence-corrected chi connectivity index (χ0v) is 20.9. The molecule has 0 aliphatic carbocycles. The monoisotopic (exact) mass is 462 g/mol. The molecule has 0 spiro atoms. The van der Waals surface area contributed by atoms with E-state index in [0.29, 0.717) is 18.7 Å².